The van der Waals surface area contributed by atoms with E-state index in [0.717, 1.165) is 39.2 Å². The van der Waals surface area contributed by atoms with Crippen LogP contribution in [0.1, 0.15) is 0 Å². The number of benzene rings is 2. The lowest BCUT2D eigenvalue weighted by atomic mass is 10.0. The van der Waals surface area contributed by atoms with Crippen molar-refractivity contribution in [2.24, 2.45) is 7.05 Å². The van der Waals surface area contributed by atoms with Crippen molar-refractivity contribution in [3.05, 3.63) is 71.1 Å². The average Bonchev–Trinajstić information content (AvgIpc) is 2.63. The number of hydrogen-bond donors (Lipinski definition) is 1. The van der Waals surface area contributed by atoms with Gasteiger partial charge in [0.05, 0.1) is 17.3 Å². The van der Waals surface area contributed by atoms with Crippen LogP contribution in [0.2, 0.25) is 0 Å². The van der Waals surface area contributed by atoms with E-state index in [0.29, 0.717) is 5.69 Å². The molecule has 7 heteroatoms. The van der Waals surface area contributed by atoms with Gasteiger partial charge in [0.1, 0.15) is 0 Å². The van der Waals surface area contributed by atoms with Gasteiger partial charge in [0.2, 0.25) is 10.0 Å². The van der Waals surface area contributed by atoms with Gasteiger partial charge in [0.25, 0.3) is 5.56 Å². The standard InChI is InChI=1S/C20H17N3O3S/c1-23-19(24)10-6-15-12-21-18-9-5-14(11-17(18)20(15)23)13-3-7-16(8-4-13)22-27(2,25)26/h3-12,22H,1-2H3. The van der Waals surface area contributed by atoms with Crippen molar-refractivity contribution in [2.75, 3.05) is 11.0 Å². The van der Waals surface area contributed by atoms with Crippen molar-refractivity contribution >= 4 is 37.5 Å². The van der Waals surface area contributed by atoms with Crippen molar-refractivity contribution in [1.82, 2.24) is 9.55 Å². The Morgan fingerprint density at radius 1 is 0.963 bits per heavy atom. The number of anilines is 1. The molecule has 0 aliphatic heterocycles. The Labute approximate surface area is 156 Å². The molecule has 0 saturated heterocycles. The Morgan fingerprint density at radius 3 is 2.37 bits per heavy atom. The van der Waals surface area contributed by atoms with E-state index < -0.39 is 10.0 Å². The number of pyridine rings is 2. The molecule has 1 N–H and O–H groups in total. The summed E-state index contributed by atoms with van der Waals surface area (Å²) in [5.41, 5.74) is 3.98. The van der Waals surface area contributed by atoms with E-state index in [1.807, 2.05) is 30.3 Å². The van der Waals surface area contributed by atoms with Gasteiger partial charge in [-0.2, -0.15) is 0 Å². The Morgan fingerprint density at radius 2 is 1.67 bits per heavy atom. The van der Waals surface area contributed by atoms with Crippen LogP contribution >= 0.6 is 0 Å². The summed E-state index contributed by atoms with van der Waals surface area (Å²) >= 11 is 0. The lowest BCUT2D eigenvalue weighted by Gasteiger charge is -2.10. The first-order chi connectivity index (χ1) is 12.8. The second kappa shape index (κ2) is 6.21. The average molecular weight is 379 g/mol. The minimum atomic E-state index is -3.31. The van der Waals surface area contributed by atoms with Crippen LogP contribution in [-0.2, 0) is 17.1 Å². The molecule has 0 aliphatic rings. The minimum Gasteiger partial charge on any atom is -0.311 e. The Bertz CT molecular complexity index is 1340. The van der Waals surface area contributed by atoms with Crippen LogP contribution in [0.15, 0.2) is 65.6 Å². The highest BCUT2D eigenvalue weighted by atomic mass is 32.2. The second-order valence-electron chi connectivity index (χ2n) is 6.48. The topological polar surface area (TPSA) is 81.1 Å². The maximum Gasteiger partial charge on any atom is 0.250 e. The molecule has 2 aromatic carbocycles. The summed E-state index contributed by atoms with van der Waals surface area (Å²) in [7, 11) is -1.55. The van der Waals surface area contributed by atoms with E-state index in [4.69, 9.17) is 0 Å². The van der Waals surface area contributed by atoms with Gasteiger partial charge < -0.3 is 4.57 Å². The molecule has 0 bridgehead atoms. The van der Waals surface area contributed by atoms with Crippen molar-refractivity contribution < 1.29 is 8.42 Å². The van der Waals surface area contributed by atoms with E-state index in [1.54, 1.807) is 36.0 Å². The number of hydrogen-bond acceptors (Lipinski definition) is 4. The monoisotopic (exact) mass is 379 g/mol. The number of sulfonamides is 1. The van der Waals surface area contributed by atoms with Gasteiger partial charge in [-0.3, -0.25) is 14.5 Å². The zero-order valence-corrected chi connectivity index (χ0v) is 15.6. The van der Waals surface area contributed by atoms with Gasteiger partial charge in [-0.25, -0.2) is 8.42 Å². The number of nitrogens with one attached hydrogen (secondary N) is 1. The highest BCUT2D eigenvalue weighted by molar-refractivity contribution is 7.92. The largest absolute Gasteiger partial charge is 0.311 e. The van der Waals surface area contributed by atoms with Crippen LogP contribution in [0.3, 0.4) is 0 Å². The molecule has 0 radical (unpaired) electrons. The fraction of sp³-hybridized carbons (Fsp3) is 0.100. The summed E-state index contributed by atoms with van der Waals surface area (Å²) in [5, 5.41) is 1.79. The molecule has 27 heavy (non-hydrogen) atoms. The lowest BCUT2D eigenvalue weighted by molar-refractivity contribution is 0.607. The molecule has 2 heterocycles. The number of fused-ring (bicyclic) bond motifs is 3. The normalized spacial score (nSPS) is 11.8. The number of rotatable bonds is 3. The van der Waals surface area contributed by atoms with Gasteiger partial charge in [-0.05, 0) is 41.5 Å². The molecule has 0 amide bonds. The Kier molecular flexibility index (Phi) is 3.96. The summed E-state index contributed by atoms with van der Waals surface area (Å²) in [6, 6.07) is 16.3. The smallest absolute Gasteiger partial charge is 0.250 e. The quantitative estimate of drug-likeness (QED) is 0.555. The molecule has 0 saturated carbocycles. The van der Waals surface area contributed by atoms with Crippen molar-refractivity contribution in [1.29, 1.82) is 0 Å². The third kappa shape index (κ3) is 3.29. The summed E-state index contributed by atoms with van der Waals surface area (Å²) in [5.74, 6) is 0. The lowest BCUT2D eigenvalue weighted by Crippen LogP contribution is -2.15. The van der Waals surface area contributed by atoms with Crippen LogP contribution < -0.4 is 10.3 Å². The molecule has 0 fully saturated rings. The van der Waals surface area contributed by atoms with Crippen LogP contribution in [0.25, 0.3) is 32.9 Å². The summed E-state index contributed by atoms with van der Waals surface area (Å²) < 4.78 is 26.8. The molecule has 0 atom stereocenters. The molecular formula is C20H17N3O3S. The third-order valence-electron chi connectivity index (χ3n) is 4.46. The first kappa shape index (κ1) is 17.2. The summed E-state index contributed by atoms with van der Waals surface area (Å²) in [6.45, 7) is 0. The Hall–Kier alpha value is -3.19. The predicted octanol–water partition coefficient (Wildman–Crippen LogP) is 3.13. The zero-order valence-electron chi connectivity index (χ0n) is 14.8. The van der Waals surface area contributed by atoms with Gasteiger partial charge in [-0.15, -0.1) is 0 Å². The van der Waals surface area contributed by atoms with Gasteiger partial charge in [0.15, 0.2) is 0 Å². The van der Waals surface area contributed by atoms with E-state index in [-0.39, 0.29) is 5.56 Å². The van der Waals surface area contributed by atoms with Crippen molar-refractivity contribution in [3.8, 4) is 11.1 Å². The molecule has 0 unspecified atom stereocenters. The van der Waals surface area contributed by atoms with E-state index in [1.165, 1.54) is 6.07 Å². The molecule has 6 nitrogen and oxygen atoms in total. The second-order valence-corrected chi connectivity index (χ2v) is 8.22. The number of nitrogens with zero attached hydrogens (tertiary/aromatic N) is 2. The first-order valence-electron chi connectivity index (χ1n) is 8.28. The molecule has 136 valence electrons. The summed E-state index contributed by atoms with van der Waals surface area (Å²) in [6.07, 6.45) is 2.88. The zero-order chi connectivity index (χ0) is 19.2. The van der Waals surface area contributed by atoms with Crippen molar-refractivity contribution in [2.45, 2.75) is 0 Å². The minimum absolute atomic E-state index is 0.0726. The first-order valence-corrected chi connectivity index (χ1v) is 10.2. The van der Waals surface area contributed by atoms with E-state index in [9.17, 15) is 13.2 Å². The highest BCUT2D eigenvalue weighted by Gasteiger charge is 2.08. The van der Waals surface area contributed by atoms with Crippen LogP contribution in [0, 0.1) is 0 Å². The van der Waals surface area contributed by atoms with Crippen LogP contribution in [0.4, 0.5) is 5.69 Å². The maximum absolute atomic E-state index is 12.1. The van der Waals surface area contributed by atoms with E-state index in [2.05, 4.69) is 9.71 Å². The third-order valence-corrected chi connectivity index (χ3v) is 5.07. The predicted molar refractivity (Wildman–Crippen MR) is 108 cm³/mol. The van der Waals surface area contributed by atoms with E-state index >= 15 is 0 Å². The molecule has 4 aromatic rings. The van der Waals surface area contributed by atoms with Crippen LogP contribution in [0.5, 0.6) is 0 Å². The SMILES string of the molecule is Cn1c(=O)ccc2cnc3ccc(-c4ccc(NS(C)(=O)=O)cc4)cc3c21. The fourth-order valence-electron chi connectivity index (χ4n) is 3.20. The fourth-order valence-corrected chi connectivity index (χ4v) is 3.76. The molecule has 0 spiro atoms. The number of aryl methyl sites for hydroxylation is 1. The highest BCUT2D eigenvalue weighted by Crippen LogP contribution is 2.28. The molecular weight excluding hydrogens is 362 g/mol. The number of aromatic nitrogens is 2. The van der Waals surface area contributed by atoms with Gasteiger partial charge in [0, 0.05) is 35.8 Å². The maximum atomic E-state index is 12.1. The summed E-state index contributed by atoms with van der Waals surface area (Å²) in [4.78, 5) is 16.5. The van der Waals surface area contributed by atoms with Crippen molar-refractivity contribution in [3.63, 3.8) is 0 Å². The molecule has 4 rings (SSSR count). The Balaban J connectivity index is 1.87. The van der Waals surface area contributed by atoms with Gasteiger partial charge in [-0.1, -0.05) is 18.2 Å². The van der Waals surface area contributed by atoms with Crippen LogP contribution in [-0.4, -0.2) is 24.2 Å². The van der Waals surface area contributed by atoms with Gasteiger partial charge >= 0.3 is 0 Å². The molecule has 2 aromatic heterocycles. The molecule has 0 aliphatic carbocycles.